The van der Waals surface area contributed by atoms with Gasteiger partial charge in [0, 0.05) is 13.2 Å². The van der Waals surface area contributed by atoms with E-state index in [1.165, 1.54) is 6.42 Å². The fourth-order valence-corrected chi connectivity index (χ4v) is 2.23. The highest BCUT2D eigenvalue weighted by atomic mass is 15.3. The lowest BCUT2D eigenvalue weighted by molar-refractivity contribution is 0.624. The molecule has 2 aromatic heterocycles. The molecular weight excluding hydrogens is 214 g/mol. The van der Waals surface area contributed by atoms with Crippen LogP contribution in [-0.2, 0) is 7.05 Å². The van der Waals surface area contributed by atoms with E-state index in [9.17, 15) is 0 Å². The fourth-order valence-electron chi connectivity index (χ4n) is 2.23. The molecule has 0 spiro atoms. The van der Waals surface area contributed by atoms with Gasteiger partial charge in [-0.3, -0.25) is 9.67 Å². The minimum Gasteiger partial charge on any atom is -0.309 e. The van der Waals surface area contributed by atoms with E-state index in [2.05, 4.69) is 20.4 Å². The molecule has 0 aliphatic carbocycles. The molecule has 0 bridgehead atoms. The average Bonchev–Trinajstić information content (AvgIpc) is 2.99. The second kappa shape index (κ2) is 4.25. The van der Waals surface area contributed by atoms with Gasteiger partial charge in [0.2, 0.25) is 0 Å². The Kier molecular flexibility index (Phi) is 2.60. The van der Waals surface area contributed by atoms with Crippen LogP contribution in [0.25, 0.3) is 11.4 Å². The molecule has 0 amide bonds. The molecule has 17 heavy (non-hydrogen) atoms. The van der Waals surface area contributed by atoms with Crippen LogP contribution in [0.2, 0.25) is 0 Å². The Morgan fingerprint density at radius 1 is 1.41 bits per heavy atom. The Balaban J connectivity index is 1.96. The van der Waals surface area contributed by atoms with Crippen molar-refractivity contribution >= 4 is 0 Å². The van der Waals surface area contributed by atoms with Crippen molar-refractivity contribution in [3.05, 3.63) is 30.4 Å². The van der Waals surface area contributed by atoms with Crippen LogP contribution in [0.15, 0.2) is 24.7 Å². The smallest absolute Gasteiger partial charge is 0.107 e. The summed E-state index contributed by atoms with van der Waals surface area (Å²) in [6.07, 6.45) is 7.77. The number of hydrogen-bond donors (Lipinski definition) is 1. The van der Waals surface area contributed by atoms with Crippen LogP contribution in [0.3, 0.4) is 0 Å². The van der Waals surface area contributed by atoms with Gasteiger partial charge < -0.3 is 5.32 Å². The van der Waals surface area contributed by atoms with E-state index >= 15 is 0 Å². The van der Waals surface area contributed by atoms with E-state index < -0.39 is 0 Å². The van der Waals surface area contributed by atoms with Crippen molar-refractivity contribution in [2.24, 2.45) is 7.05 Å². The zero-order valence-corrected chi connectivity index (χ0v) is 9.80. The third kappa shape index (κ3) is 1.93. The molecule has 5 heteroatoms. The highest BCUT2D eigenvalue weighted by molar-refractivity contribution is 5.52. The summed E-state index contributed by atoms with van der Waals surface area (Å²) in [6, 6.07) is 2.31. The van der Waals surface area contributed by atoms with Gasteiger partial charge in [0.15, 0.2) is 0 Å². The quantitative estimate of drug-likeness (QED) is 0.843. The summed E-state index contributed by atoms with van der Waals surface area (Å²) in [4.78, 5) is 8.95. The normalized spacial score (nSPS) is 19.7. The Bertz CT molecular complexity index is 513. The zero-order chi connectivity index (χ0) is 11.7. The molecule has 1 fully saturated rings. The summed E-state index contributed by atoms with van der Waals surface area (Å²) >= 11 is 0. The van der Waals surface area contributed by atoms with Crippen molar-refractivity contribution in [1.82, 2.24) is 25.1 Å². The van der Waals surface area contributed by atoms with Crippen LogP contribution in [0.1, 0.15) is 24.6 Å². The lowest BCUT2D eigenvalue weighted by Gasteiger charge is -2.10. The number of rotatable bonds is 2. The van der Waals surface area contributed by atoms with Crippen LogP contribution >= 0.6 is 0 Å². The third-order valence-corrected chi connectivity index (χ3v) is 3.15. The van der Waals surface area contributed by atoms with E-state index in [4.69, 9.17) is 0 Å². The number of hydrogen-bond acceptors (Lipinski definition) is 4. The molecule has 0 radical (unpaired) electrons. The molecule has 5 nitrogen and oxygen atoms in total. The van der Waals surface area contributed by atoms with E-state index in [0.29, 0.717) is 6.04 Å². The topological polar surface area (TPSA) is 55.6 Å². The highest BCUT2D eigenvalue weighted by Crippen LogP contribution is 2.23. The molecule has 2 aromatic rings. The molecule has 0 saturated carbocycles. The first-order valence-corrected chi connectivity index (χ1v) is 5.88. The summed E-state index contributed by atoms with van der Waals surface area (Å²) in [5.74, 6) is 0. The summed E-state index contributed by atoms with van der Waals surface area (Å²) in [5.41, 5.74) is 2.91. The second-order valence-electron chi connectivity index (χ2n) is 4.32. The molecule has 3 rings (SSSR count). The van der Waals surface area contributed by atoms with Gasteiger partial charge in [-0.1, -0.05) is 0 Å². The maximum atomic E-state index is 4.67. The SMILES string of the molecule is Cn1nccc1-c1cncc([C@H]2CCCN2)n1. The number of aryl methyl sites for hydroxylation is 1. The monoisotopic (exact) mass is 229 g/mol. The van der Waals surface area contributed by atoms with E-state index in [0.717, 1.165) is 30.0 Å². The predicted octanol–water partition coefficient (Wildman–Crippen LogP) is 1.30. The van der Waals surface area contributed by atoms with Gasteiger partial charge in [-0.15, -0.1) is 0 Å². The van der Waals surface area contributed by atoms with E-state index in [-0.39, 0.29) is 0 Å². The van der Waals surface area contributed by atoms with Gasteiger partial charge in [-0.2, -0.15) is 5.10 Å². The molecule has 88 valence electrons. The first kappa shape index (κ1) is 10.4. The molecule has 1 atom stereocenters. The molecule has 1 N–H and O–H groups in total. The van der Waals surface area contributed by atoms with Gasteiger partial charge >= 0.3 is 0 Å². The molecule has 0 aromatic carbocycles. The molecule has 0 unspecified atom stereocenters. The Labute approximate surface area is 99.9 Å². The Morgan fingerprint density at radius 3 is 3.06 bits per heavy atom. The molecule has 1 aliphatic heterocycles. The minimum atomic E-state index is 0.357. The molecule has 3 heterocycles. The fraction of sp³-hybridized carbons (Fsp3) is 0.417. The van der Waals surface area contributed by atoms with Gasteiger partial charge in [0.05, 0.1) is 29.8 Å². The van der Waals surface area contributed by atoms with Crippen molar-refractivity contribution in [2.75, 3.05) is 6.54 Å². The largest absolute Gasteiger partial charge is 0.309 e. The lowest BCUT2D eigenvalue weighted by atomic mass is 10.1. The maximum absolute atomic E-state index is 4.67. The Morgan fingerprint density at radius 2 is 2.35 bits per heavy atom. The molecular formula is C12H15N5. The Hall–Kier alpha value is -1.75. The summed E-state index contributed by atoms with van der Waals surface area (Å²) in [5, 5.41) is 7.59. The minimum absolute atomic E-state index is 0.357. The zero-order valence-electron chi connectivity index (χ0n) is 9.80. The predicted molar refractivity (Wildman–Crippen MR) is 64.2 cm³/mol. The van der Waals surface area contributed by atoms with Crippen LogP contribution < -0.4 is 5.32 Å². The third-order valence-electron chi connectivity index (χ3n) is 3.15. The number of nitrogens with one attached hydrogen (secondary N) is 1. The summed E-state index contributed by atoms with van der Waals surface area (Å²) in [7, 11) is 1.91. The number of aromatic nitrogens is 4. The lowest BCUT2D eigenvalue weighted by Crippen LogP contribution is -2.14. The van der Waals surface area contributed by atoms with Crippen LogP contribution in [0.4, 0.5) is 0 Å². The highest BCUT2D eigenvalue weighted by Gasteiger charge is 2.18. The molecule has 1 aliphatic rings. The summed E-state index contributed by atoms with van der Waals surface area (Å²) in [6.45, 7) is 1.07. The first-order valence-electron chi connectivity index (χ1n) is 5.88. The van der Waals surface area contributed by atoms with E-state index in [1.807, 2.05) is 24.0 Å². The van der Waals surface area contributed by atoms with Crippen LogP contribution in [0, 0.1) is 0 Å². The van der Waals surface area contributed by atoms with Gasteiger partial charge in [0.1, 0.15) is 5.69 Å². The first-order chi connectivity index (χ1) is 8.34. The summed E-state index contributed by atoms with van der Waals surface area (Å²) < 4.78 is 1.82. The van der Waals surface area contributed by atoms with Crippen molar-refractivity contribution in [3.8, 4) is 11.4 Å². The van der Waals surface area contributed by atoms with Gasteiger partial charge in [-0.25, -0.2) is 4.98 Å². The van der Waals surface area contributed by atoms with Crippen molar-refractivity contribution in [1.29, 1.82) is 0 Å². The average molecular weight is 229 g/mol. The van der Waals surface area contributed by atoms with Crippen molar-refractivity contribution < 1.29 is 0 Å². The van der Waals surface area contributed by atoms with Gasteiger partial charge in [0.25, 0.3) is 0 Å². The van der Waals surface area contributed by atoms with Crippen molar-refractivity contribution in [3.63, 3.8) is 0 Å². The van der Waals surface area contributed by atoms with Crippen LogP contribution in [0.5, 0.6) is 0 Å². The standard InChI is InChI=1S/C12H15N5/c1-17-12(4-6-15-17)11-8-13-7-10(16-11)9-3-2-5-14-9/h4,6-9,14H,2-3,5H2,1H3/t9-/m1/s1. The molecule has 1 saturated heterocycles. The van der Waals surface area contributed by atoms with Crippen LogP contribution in [-0.4, -0.2) is 26.3 Å². The van der Waals surface area contributed by atoms with Crippen molar-refractivity contribution in [2.45, 2.75) is 18.9 Å². The maximum Gasteiger partial charge on any atom is 0.107 e. The number of nitrogens with zero attached hydrogens (tertiary/aromatic N) is 4. The second-order valence-corrected chi connectivity index (χ2v) is 4.32. The van der Waals surface area contributed by atoms with Gasteiger partial charge in [-0.05, 0) is 25.5 Å². The van der Waals surface area contributed by atoms with E-state index in [1.54, 1.807) is 12.4 Å².